The molecule has 0 atom stereocenters. The monoisotopic (exact) mass is 260 g/mol. The minimum absolute atomic E-state index is 0.159. The summed E-state index contributed by atoms with van der Waals surface area (Å²) in [5.41, 5.74) is 2.47. The molecule has 1 N–H and O–H groups in total. The van der Waals surface area contributed by atoms with Gasteiger partial charge in [0.1, 0.15) is 0 Å². The number of pyridine rings is 1. The summed E-state index contributed by atoms with van der Waals surface area (Å²) < 4.78 is 0. The van der Waals surface area contributed by atoms with Gasteiger partial charge >= 0.3 is 0 Å². The molecule has 3 nitrogen and oxygen atoms in total. The van der Waals surface area contributed by atoms with Crippen LogP contribution in [-0.2, 0) is 6.42 Å². The topological polar surface area (TPSA) is 42.0 Å². The van der Waals surface area contributed by atoms with Crippen LogP contribution in [0.5, 0.6) is 0 Å². The summed E-state index contributed by atoms with van der Waals surface area (Å²) in [6.07, 6.45) is 4.01. The standard InChI is InChI=1S/C14H13ClN2O/c15-8-7-11-3-5-13(6-4-11)17-14(18)12-2-1-9-16-10-12/h1-6,9-10H,7-8H2,(H,17,18). The van der Waals surface area contributed by atoms with Gasteiger partial charge in [-0.05, 0) is 36.2 Å². The van der Waals surface area contributed by atoms with Crippen molar-refractivity contribution < 1.29 is 4.79 Å². The van der Waals surface area contributed by atoms with E-state index in [1.807, 2.05) is 24.3 Å². The number of rotatable bonds is 4. The van der Waals surface area contributed by atoms with E-state index in [1.165, 1.54) is 6.20 Å². The number of nitrogens with one attached hydrogen (secondary N) is 1. The first-order valence-corrected chi connectivity index (χ1v) is 6.19. The SMILES string of the molecule is O=C(Nc1ccc(CCCl)cc1)c1cccnc1. The maximum atomic E-state index is 11.9. The third kappa shape index (κ3) is 3.31. The normalized spacial score (nSPS) is 10.1. The molecule has 18 heavy (non-hydrogen) atoms. The zero-order valence-corrected chi connectivity index (χ0v) is 10.5. The summed E-state index contributed by atoms with van der Waals surface area (Å²) in [5.74, 6) is 0.440. The lowest BCUT2D eigenvalue weighted by Crippen LogP contribution is -2.11. The van der Waals surface area contributed by atoms with Gasteiger partial charge in [0.15, 0.2) is 0 Å². The molecule has 0 aliphatic heterocycles. The lowest BCUT2D eigenvalue weighted by Gasteiger charge is -2.05. The molecule has 1 aromatic heterocycles. The maximum Gasteiger partial charge on any atom is 0.257 e. The molecule has 0 aliphatic carbocycles. The fourth-order valence-corrected chi connectivity index (χ4v) is 1.78. The molecule has 0 bridgehead atoms. The second-order valence-corrected chi connectivity index (χ2v) is 4.21. The van der Waals surface area contributed by atoms with Crippen LogP contribution < -0.4 is 5.32 Å². The van der Waals surface area contributed by atoms with E-state index in [1.54, 1.807) is 18.3 Å². The van der Waals surface area contributed by atoms with Crippen molar-refractivity contribution in [3.05, 3.63) is 59.9 Å². The molecule has 2 rings (SSSR count). The minimum Gasteiger partial charge on any atom is -0.322 e. The lowest BCUT2D eigenvalue weighted by molar-refractivity contribution is 0.102. The van der Waals surface area contributed by atoms with Crippen molar-refractivity contribution in [2.45, 2.75) is 6.42 Å². The number of aromatic nitrogens is 1. The van der Waals surface area contributed by atoms with E-state index in [-0.39, 0.29) is 5.91 Å². The predicted octanol–water partition coefficient (Wildman–Crippen LogP) is 3.12. The average Bonchev–Trinajstić information content (AvgIpc) is 2.42. The summed E-state index contributed by atoms with van der Waals surface area (Å²) in [7, 11) is 0. The van der Waals surface area contributed by atoms with Gasteiger partial charge in [-0.1, -0.05) is 12.1 Å². The number of nitrogens with zero attached hydrogens (tertiary/aromatic N) is 1. The molecule has 1 amide bonds. The van der Waals surface area contributed by atoms with Crippen LogP contribution in [0, 0.1) is 0 Å². The van der Waals surface area contributed by atoms with Crippen LogP contribution >= 0.6 is 11.6 Å². The lowest BCUT2D eigenvalue weighted by atomic mass is 10.1. The zero-order valence-electron chi connectivity index (χ0n) is 9.77. The summed E-state index contributed by atoms with van der Waals surface area (Å²) in [6.45, 7) is 0. The molecule has 1 heterocycles. The summed E-state index contributed by atoms with van der Waals surface area (Å²) >= 11 is 5.66. The first kappa shape index (κ1) is 12.6. The molecule has 0 aliphatic rings. The van der Waals surface area contributed by atoms with Crippen LogP contribution in [0.2, 0.25) is 0 Å². The highest BCUT2D eigenvalue weighted by atomic mass is 35.5. The Labute approximate surface area is 111 Å². The Morgan fingerprint density at radius 1 is 1.22 bits per heavy atom. The van der Waals surface area contributed by atoms with Crippen LogP contribution in [-0.4, -0.2) is 16.8 Å². The first-order valence-electron chi connectivity index (χ1n) is 5.66. The van der Waals surface area contributed by atoms with Crippen molar-refractivity contribution >= 4 is 23.2 Å². The van der Waals surface area contributed by atoms with Gasteiger partial charge < -0.3 is 5.32 Å². The fraction of sp³-hybridized carbons (Fsp3) is 0.143. The van der Waals surface area contributed by atoms with Gasteiger partial charge in [-0.25, -0.2) is 0 Å². The second-order valence-electron chi connectivity index (χ2n) is 3.83. The zero-order chi connectivity index (χ0) is 12.8. The summed E-state index contributed by atoms with van der Waals surface area (Å²) in [6, 6.07) is 11.1. The Balaban J connectivity index is 2.03. The molecule has 1 aromatic carbocycles. The van der Waals surface area contributed by atoms with E-state index in [4.69, 9.17) is 11.6 Å². The quantitative estimate of drug-likeness (QED) is 0.859. The van der Waals surface area contributed by atoms with E-state index in [2.05, 4.69) is 10.3 Å². The largest absolute Gasteiger partial charge is 0.322 e. The first-order chi connectivity index (χ1) is 8.79. The molecule has 2 aromatic rings. The third-order valence-corrected chi connectivity index (χ3v) is 2.71. The molecular weight excluding hydrogens is 248 g/mol. The molecule has 0 spiro atoms. The van der Waals surface area contributed by atoms with Crippen LogP contribution in [0.25, 0.3) is 0 Å². The average molecular weight is 261 g/mol. The fourth-order valence-electron chi connectivity index (χ4n) is 1.56. The highest BCUT2D eigenvalue weighted by molar-refractivity contribution is 6.18. The number of carbonyl (C=O) groups excluding carboxylic acids is 1. The minimum atomic E-state index is -0.159. The number of carbonyl (C=O) groups is 1. The highest BCUT2D eigenvalue weighted by Gasteiger charge is 2.05. The van der Waals surface area contributed by atoms with Crippen LogP contribution in [0.4, 0.5) is 5.69 Å². The Hall–Kier alpha value is -1.87. The maximum absolute atomic E-state index is 11.9. The summed E-state index contributed by atoms with van der Waals surface area (Å²) in [5, 5.41) is 2.82. The third-order valence-electron chi connectivity index (χ3n) is 2.52. The number of amides is 1. The van der Waals surface area contributed by atoms with Gasteiger partial charge in [-0.2, -0.15) is 0 Å². The van der Waals surface area contributed by atoms with Crippen molar-refractivity contribution in [2.75, 3.05) is 11.2 Å². The Morgan fingerprint density at radius 3 is 2.61 bits per heavy atom. The molecular formula is C14H13ClN2O. The highest BCUT2D eigenvalue weighted by Crippen LogP contribution is 2.11. The summed E-state index contributed by atoms with van der Waals surface area (Å²) in [4.78, 5) is 15.8. The Bertz CT molecular complexity index is 511. The van der Waals surface area contributed by atoms with Crippen molar-refractivity contribution in [1.29, 1.82) is 0 Å². The van der Waals surface area contributed by atoms with E-state index >= 15 is 0 Å². The van der Waals surface area contributed by atoms with E-state index in [0.717, 1.165) is 17.7 Å². The molecule has 4 heteroatoms. The van der Waals surface area contributed by atoms with Gasteiger partial charge in [0.25, 0.3) is 5.91 Å². The number of alkyl halides is 1. The van der Waals surface area contributed by atoms with E-state index < -0.39 is 0 Å². The molecule has 0 radical (unpaired) electrons. The van der Waals surface area contributed by atoms with Crippen molar-refractivity contribution in [2.24, 2.45) is 0 Å². The Kier molecular flexibility index (Phi) is 4.31. The molecule has 0 saturated heterocycles. The molecule has 0 unspecified atom stereocenters. The molecule has 0 saturated carbocycles. The smallest absolute Gasteiger partial charge is 0.257 e. The van der Waals surface area contributed by atoms with Gasteiger partial charge in [0.2, 0.25) is 0 Å². The van der Waals surface area contributed by atoms with Crippen molar-refractivity contribution in [3.8, 4) is 0 Å². The van der Waals surface area contributed by atoms with Crippen LogP contribution in [0.1, 0.15) is 15.9 Å². The van der Waals surface area contributed by atoms with Crippen molar-refractivity contribution in [1.82, 2.24) is 4.98 Å². The van der Waals surface area contributed by atoms with Crippen LogP contribution in [0.3, 0.4) is 0 Å². The van der Waals surface area contributed by atoms with Gasteiger partial charge in [-0.15, -0.1) is 11.6 Å². The van der Waals surface area contributed by atoms with E-state index in [9.17, 15) is 4.79 Å². The predicted molar refractivity (Wildman–Crippen MR) is 73.1 cm³/mol. The number of halogens is 1. The van der Waals surface area contributed by atoms with E-state index in [0.29, 0.717) is 11.4 Å². The second kappa shape index (κ2) is 6.17. The number of hydrogen-bond acceptors (Lipinski definition) is 2. The molecule has 0 fully saturated rings. The van der Waals surface area contributed by atoms with Gasteiger partial charge in [0.05, 0.1) is 5.56 Å². The van der Waals surface area contributed by atoms with Crippen molar-refractivity contribution in [3.63, 3.8) is 0 Å². The number of anilines is 1. The number of aryl methyl sites for hydroxylation is 1. The van der Waals surface area contributed by atoms with Gasteiger partial charge in [0, 0.05) is 24.0 Å². The molecule has 92 valence electrons. The van der Waals surface area contributed by atoms with Crippen LogP contribution in [0.15, 0.2) is 48.8 Å². The Morgan fingerprint density at radius 2 is 2.00 bits per heavy atom. The number of hydrogen-bond donors (Lipinski definition) is 1. The van der Waals surface area contributed by atoms with Gasteiger partial charge in [-0.3, -0.25) is 9.78 Å². The number of benzene rings is 1.